The molecule has 1 aromatic rings. The predicted octanol–water partition coefficient (Wildman–Crippen LogP) is 3.41. The van der Waals surface area contributed by atoms with Crippen molar-refractivity contribution in [3.63, 3.8) is 0 Å². The highest BCUT2D eigenvalue weighted by Crippen LogP contribution is 2.29. The van der Waals surface area contributed by atoms with Crippen LogP contribution in [0.3, 0.4) is 0 Å². The third kappa shape index (κ3) is 3.94. The molecule has 0 bridgehead atoms. The zero-order valence-electron chi connectivity index (χ0n) is 12.4. The summed E-state index contributed by atoms with van der Waals surface area (Å²) in [6.45, 7) is 2.42. The van der Waals surface area contributed by atoms with Gasteiger partial charge < -0.3 is 15.7 Å². The van der Waals surface area contributed by atoms with Crippen LogP contribution in [0.1, 0.15) is 50.2 Å². The van der Waals surface area contributed by atoms with Crippen LogP contribution in [0.15, 0.2) is 23.4 Å². The van der Waals surface area contributed by atoms with E-state index in [9.17, 15) is 4.39 Å². The Kier molecular flexibility index (Phi) is 5.56. The lowest BCUT2D eigenvalue weighted by Gasteiger charge is -2.28. The van der Waals surface area contributed by atoms with Crippen molar-refractivity contribution in [3.8, 4) is 0 Å². The number of ether oxygens (including phenoxy) is 1. The molecule has 0 saturated heterocycles. The van der Waals surface area contributed by atoms with E-state index in [0.717, 1.165) is 18.8 Å². The van der Waals surface area contributed by atoms with Crippen LogP contribution in [0.25, 0.3) is 0 Å². The molecule has 0 radical (unpaired) electrons. The first-order valence-corrected chi connectivity index (χ1v) is 7.52. The van der Waals surface area contributed by atoms with Gasteiger partial charge in [-0.25, -0.2) is 4.39 Å². The zero-order valence-corrected chi connectivity index (χ0v) is 12.4. The Morgan fingerprint density at radius 1 is 1.48 bits per heavy atom. The van der Waals surface area contributed by atoms with E-state index in [2.05, 4.69) is 12.1 Å². The number of hydrogen-bond donors (Lipinski definition) is 2. The number of amidine groups is 1. The fourth-order valence-electron chi connectivity index (χ4n) is 2.91. The molecule has 1 fully saturated rings. The van der Waals surface area contributed by atoms with Crippen LogP contribution >= 0.6 is 0 Å². The number of nitrogens with two attached hydrogens (primary N) is 1. The van der Waals surface area contributed by atoms with Crippen molar-refractivity contribution in [1.29, 1.82) is 0 Å². The van der Waals surface area contributed by atoms with Crippen molar-refractivity contribution in [2.45, 2.75) is 51.7 Å². The minimum Gasteiger partial charge on any atom is -0.409 e. The van der Waals surface area contributed by atoms with Gasteiger partial charge in [0.15, 0.2) is 5.84 Å². The Balaban J connectivity index is 2.00. The Labute approximate surface area is 124 Å². The van der Waals surface area contributed by atoms with Crippen molar-refractivity contribution in [2.75, 3.05) is 0 Å². The van der Waals surface area contributed by atoms with E-state index in [1.54, 1.807) is 12.1 Å². The summed E-state index contributed by atoms with van der Waals surface area (Å²) in [5.41, 5.74) is 6.01. The van der Waals surface area contributed by atoms with E-state index >= 15 is 0 Å². The fourth-order valence-corrected chi connectivity index (χ4v) is 2.91. The van der Waals surface area contributed by atoms with Gasteiger partial charge in [-0.2, -0.15) is 0 Å². The first kappa shape index (κ1) is 15.8. The Morgan fingerprint density at radius 3 is 3.00 bits per heavy atom. The Morgan fingerprint density at radius 2 is 2.29 bits per heavy atom. The summed E-state index contributed by atoms with van der Waals surface area (Å²) in [6, 6.07) is 4.84. The van der Waals surface area contributed by atoms with Crippen LogP contribution < -0.4 is 5.73 Å². The molecule has 1 aliphatic rings. The molecule has 2 unspecified atom stereocenters. The molecule has 0 amide bonds. The van der Waals surface area contributed by atoms with Crippen molar-refractivity contribution in [1.82, 2.24) is 0 Å². The first-order valence-electron chi connectivity index (χ1n) is 7.52. The molecule has 0 aromatic heterocycles. The molecule has 2 rings (SSSR count). The number of oxime groups is 1. The van der Waals surface area contributed by atoms with Gasteiger partial charge in [0, 0.05) is 5.56 Å². The predicted molar refractivity (Wildman–Crippen MR) is 79.7 cm³/mol. The third-order valence-electron chi connectivity index (χ3n) is 4.25. The highest BCUT2D eigenvalue weighted by Gasteiger charge is 2.22. The molecular weight excluding hydrogens is 271 g/mol. The second-order valence-electron chi connectivity index (χ2n) is 5.64. The monoisotopic (exact) mass is 294 g/mol. The van der Waals surface area contributed by atoms with Crippen LogP contribution in [-0.2, 0) is 11.3 Å². The molecule has 21 heavy (non-hydrogen) atoms. The molecule has 0 aliphatic heterocycles. The minimum atomic E-state index is -0.476. The van der Waals surface area contributed by atoms with Crippen LogP contribution in [0.4, 0.5) is 4.39 Å². The number of nitrogens with zero attached hydrogens (tertiary/aromatic N) is 1. The molecule has 1 aliphatic carbocycles. The lowest BCUT2D eigenvalue weighted by Crippen LogP contribution is -2.23. The topological polar surface area (TPSA) is 67.8 Å². The molecule has 0 spiro atoms. The van der Waals surface area contributed by atoms with E-state index in [1.807, 2.05) is 0 Å². The first-order chi connectivity index (χ1) is 10.2. The van der Waals surface area contributed by atoms with Crippen LogP contribution in [0.5, 0.6) is 0 Å². The van der Waals surface area contributed by atoms with Gasteiger partial charge in [0.2, 0.25) is 0 Å². The molecule has 0 heterocycles. The quantitative estimate of drug-likeness (QED) is 0.378. The lowest BCUT2D eigenvalue weighted by molar-refractivity contribution is 0.000652. The number of rotatable bonds is 5. The van der Waals surface area contributed by atoms with Gasteiger partial charge in [-0.15, -0.1) is 0 Å². The largest absolute Gasteiger partial charge is 0.409 e. The second kappa shape index (κ2) is 7.41. The van der Waals surface area contributed by atoms with Gasteiger partial charge in [-0.3, -0.25) is 0 Å². The Bertz CT molecular complexity index is 505. The highest BCUT2D eigenvalue weighted by atomic mass is 19.1. The lowest BCUT2D eigenvalue weighted by atomic mass is 9.85. The molecule has 4 nitrogen and oxygen atoms in total. The summed E-state index contributed by atoms with van der Waals surface area (Å²) in [6.07, 6.45) is 5.92. The van der Waals surface area contributed by atoms with Crippen molar-refractivity contribution in [2.24, 2.45) is 16.8 Å². The zero-order chi connectivity index (χ0) is 15.2. The molecule has 2 atom stereocenters. The van der Waals surface area contributed by atoms with E-state index < -0.39 is 5.82 Å². The van der Waals surface area contributed by atoms with Crippen LogP contribution in [0.2, 0.25) is 0 Å². The second-order valence-corrected chi connectivity index (χ2v) is 5.64. The standard InChI is InChI=1S/C16H23FN2O2/c1-2-11-5-3-7-13(9-11)21-10-12-6-4-8-14(15(12)17)16(18)19-20/h4,6,8,11,13,20H,2-3,5,7,9-10H2,1H3,(H2,18,19). The van der Waals surface area contributed by atoms with E-state index in [1.165, 1.54) is 25.3 Å². The average Bonchev–Trinajstić information content (AvgIpc) is 2.53. The maximum absolute atomic E-state index is 14.3. The molecule has 116 valence electrons. The number of halogens is 1. The highest BCUT2D eigenvalue weighted by molar-refractivity contribution is 5.97. The molecule has 1 saturated carbocycles. The SMILES string of the molecule is CCC1CCCC(OCc2cccc(/C(N)=N/O)c2F)C1. The molecule has 3 N–H and O–H groups in total. The number of benzene rings is 1. The van der Waals surface area contributed by atoms with Crippen molar-refractivity contribution < 1.29 is 14.3 Å². The van der Waals surface area contributed by atoms with Gasteiger partial charge in [-0.1, -0.05) is 43.5 Å². The smallest absolute Gasteiger partial charge is 0.173 e. The van der Waals surface area contributed by atoms with E-state index in [0.29, 0.717) is 5.56 Å². The maximum atomic E-state index is 14.3. The van der Waals surface area contributed by atoms with E-state index in [-0.39, 0.29) is 24.1 Å². The van der Waals surface area contributed by atoms with Gasteiger partial charge in [0.25, 0.3) is 0 Å². The minimum absolute atomic E-state index is 0.105. The summed E-state index contributed by atoms with van der Waals surface area (Å²) in [7, 11) is 0. The van der Waals surface area contributed by atoms with Gasteiger partial charge in [0.05, 0.1) is 18.3 Å². The summed E-state index contributed by atoms with van der Waals surface area (Å²) in [4.78, 5) is 0. The van der Waals surface area contributed by atoms with Gasteiger partial charge in [0.1, 0.15) is 5.82 Å². The maximum Gasteiger partial charge on any atom is 0.173 e. The summed E-state index contributed by atoms with van der Waals surface area (Å²) >= 11 is 0. The molecule has 5 heteroatoms. The molecule has 1 aromatic carbocycles. The Hall–Kier alpha value is -1.62. The van der Waals surface area contributed by atoms with Gasteiger partial charge in [-0.05, 0) is 24.8 Å². The summed E-state index contributed by atoms with van der Waals surface area (Å²) < 4.78 is 20.1. The van der Waals surface area contributed by atoms with Crippen LogP contribution in [-0.4, -0.2) is 17.1 Å². The average molecular weight is 294 g/mol. The van der Waals surface area contributed by atoms with Crippen molar-refractivity contribution >= 4 is 5.84 Å². The van der Waals surface area contributed by atoms with Crippen LogP contribution in [0, 0.1) is 11.7 Å². The van der Waals surface area contributed by atoms with E-state index in [4.69, 9.17) is 15.7 Å². The number of hydrogen-bond acceptors (Lipinski definition) is 3. The van der Waals surface area contributed by atoms with Crippen molar-refractivity contribution in [3.05, 3.63) is 35.1 Å². The fraction of sp³-hybridized carbons (Fsp3) is 0.562. The summed E-state index contributed by atoms with van der Waals surface area (Å²) in [5, 5.41) is 11.5. The summed E-state index contributed by atoms with van der Waals surface area (Å²) in [5.74, 6) is 0.0193. The third-order valence-corrected chi connectivity index (χ3v) is 4.25. The molecular formula is C16H23FN2O2. The van der Waals surface area contributed by atoms with Gasteiger partial charge >= 0.3 is 0 Å². The normalized spacial score (nSPS) is 23.2.